The summed E-state index contributed by atoms with van der Waals surface area (Å²) in [4.78, 5) is 26.3. The van der Waals surface area contributed by atoms with Gasteiger partial charge in [-0.3, -0.25) is 14.1 Å². The van der Waals surface area contributed by atoms with Crippen molar-refractivity contribution in [1.29, 1.82) is 0 Å². The molecule has 1 unspecified atom stereocenters. The average Bonchev–Trinajstić information content (AvgIpc) is 3.24. The minimum Gasteiger partial charge on any atom is -1.00 e. The number of amides is 2. The molecule has 1 aromatic heterocycles. The van der Waals surface area contributed by atoms with E-state index in [4.69, 9.17) is 4.55 Å². The number of benzene rings is 1. The van der Waals surface area contributed by atoms with Gasteiger partial charge >= 0.3 is 39.9 Å². The monoisotopic (exact) mass is 434 g/mol. The first kappa shape index (κ1) is 21.2. The van der Waals surface area contributed by atoms with Gasteiger partial charge in [-0.25, -0.2) is 4.31 Å². The molecular weight excluding hydrogens is 419 g/mol. The van der Waals surface area contributed by atoms with Crippen molar-refractivity contribution < 1.29 is 53.5 Å². The molecule has 0 saturated carbocycles. The van der Waals surface area contributed by atoms with Crippen LogP contribution in [0.4, 0.5) is 0 Å². The molecule has 11 nitrogen and oxygen atoms in total. The number of nitrogens with zero attached hydrogens (tertiary/aromatic N) is 6. The number of rotatable bonds is 4. The first-order valence-electron chi connectivity index (χ1n) is 7.93. The summed E-state index contributed by atoms with van der Waals surface area (Å²) in [6, 6.07) is 7.23. The molecule has 2 aromatic rings. The molecule has 2 amide bonds. The van der Waals surface area contributed by atoms with Crippen LogP contribution in [0.5, 0.6) is 0 Å². The van der Waals surface area contributed by atoms with E-state index >= 15 is 0 Å². The van der Waals surface area contributed by atoms with Crippen LogP contribution in [0.2, 0.25) is 0 Å². The number of aromatic nitrogens is 4. The Kier molecular flexibility index (Phi) is 5.85. The van der Waals surface area contributed by atoms with Crippen molar-refractivity contribution in [2.75, 3.05) is 6.54 Å². The Hall–Kier alpha value is -1.51. The van der Waals surface area contributed by atoms with E-state index in [9.17, 15) is 18.0 Å². The number of para-hydroxylation sites is 1. The fraction of sp³-hybridized carbons (Fsp3) is 0.357. The molecule has 0 aliphatic carbocycles. The van der Waals surface area contributed by atoms with Crippen LogP contribution >= 0.6 is 12.6 Å². The van der Waals surface area contributed by atoms with Gasteiger partial charge in [-0.1, -0.05) is 18.2 Å². The molecule has 3 atom stereocenters. The van der Waals surface area contributed by atoms with E-state index in [0.717, 1.165) is 0 Å². The summed E-state index contributed by atoms with van der Waals surface area (Å²) in [5, 5.41) is 10.3. The number of carbonyl (C=O) groups is 2. The van der Waals surface area contributed by atoms with Crippen molar-refractivity contribution in [3.05, 3.63) is 36.2 Å². The Balaban J connectivity index is 0.00000150. The second-order valence-corrected chi connectivity index (χ2v) is 7.94. The van der Waals surface area contributed by atoms with E-state index < -0.39 is 39.5 Å². The average molecular weight is 434 g/mol. The van der Waals surface area contributed by atoms with Crippen LogP contribution < -0.4 is 29.6 Å². The van der Waals surface area contributed by atoms with Crippen molar-refractivity contribution in [2.45, 2.75) is 23.8 Å². The summed E-state index contributed by atoms with van der Waals surface area (Å²) >= 11 is 4.33. The maximum absolute atomic E-state index is 12.9. The summed E-state index contributed by atoms with van der Waals surface area (Å²) in [7, 11) is -4.63. The van der Waals surface area contributed by atoms with E-state index in [-0.39, 0.29) is 49.8 Å². The van der Waals surface area contributed by atoms with Crippen LogP contribution in [-0.2, 0) is 19.9 Å². The third-order valence-corrected chi connectivity index (χ3v) is 6.04. The maximum atomic E-state index is 12.9. The second-order valence-electron chi connectivity index (χ2n) is 6.13. The fourth-order valence-electron chi connectivity index (χ4n) is 3.45. The van der Waals surface area contributed by atoms with Gasteiger partial charge in [0.05, 0.1) is 11.7 Å². The Bertz CT molecular complexity index is 1020. The van der Waals surface area contributed by atoms with Gasteiger partial charge in [-0.15, -0.1) is 5.10 Å². The fourth-order valence-corrected chi connectivity index (χ4v) is 4.66. The first-order chi connectivity index (χ1) is 12.8. The summed E-state index contributed by atoms with van der Waals surface area (Å²) < 4.78 is 33.5. The van der Waals surface area contributed by atoms with Crippen molar-refractivity contribution >= 4 is 34.7 Å². The number of hydrogen-bond donors (Lipinski definition) is 2. The minimum atomic E-state index is -4.63. The molecular formula is C14H15N6NaO5S2. The molecule has 28 heavy (non-hydrogen) atoms. The Morgan fingerprint density at radius 3 is 2.64 bits per heavy atom. The number of hydrogen-bond acceptors (Lipinski definition) is 8. The number of fused-ring (bicyclic) bond motifs is 1. The largest absolute Gasteiger partial charge is 1.00 e. The Morgan fingerprint density at radius 2 is 2.00 bits per heavy atom. The van der Waals surface area contributed by atoms with Crippen molar-refractivity contribution in [1.82, 2.24) is 29.4 Å². The molecule has 3 heterocycles. The predicted octanol–water partition coefficient (Wildman–Crippen LogP) is -3.64. The van der Waals surface area contributed by atoms with E-state index in [2.05, 4.69) is 28.2 Å². The molecule has 4 rings (SSSR count). The van der Waals surface area contributed by atoms with E-state index in [0.29, 0.717) is 9.99 Å². The molecule has 2 aliphatic heterocycles. The SMILES string of the molecule is O=C(C(S)c1nnnn1-c1ccccc1)N1CC[C@@H]2[C@H]1C(=O)N2S(=O)(=O)O.[H-].[Na+]. The molecule has 0 spiro atoms. The maximum Gasteiger partial charge on any atom is 1.00 e. The zero-order valence-electron chi connectivity index (χ0n) is 15.7. The quantitative estimate of drug-likeness (QED) is 0.218. The second kappa shape index (κ2) is 7.72. The van der Waals surface area contributed by atoms with Gasteiger partial charge in [0.25, 0.3) is 5.91 Å². The molecule has 1 aromatic carbocycles. The number of carbonyl (C=O) groups excluding carboxylic acids is 2. The van der Waals surface area contributed by atoms with Gasteiger partial charge in [0, 0.05) is 6.54 Å². The van der Waals surface area contributed by atoms with E-state index in [1.807, 2.05) is 6.07 Å². The van der Waals surface area contributed by atoms with Crippen LogP contribution in [0.1, 0.15) is 18.9 Å². The summed E-state index contributed by atoms with van der Waals surface area (Å²) in [6.45, 7) is 0.163. The van der Waals surface area contributed by atoms with E-state index in [1.54, 1.807) is 24.3 Å². The molecule has 1 N–H and O–H groups in total. The van der Waals surface area contributed by atoms with Crippen molar-refractivity contribution in [2.24, 2.45) is 0 Å². The van der Waals surface area contributed by atoms with Gasteiger partial charge in [0.15, 0.2) is 5.82 Å². The van der Waals surface area contributed by atoms with Gasteiger partial charge < -0.3 is 6.33 Å². The molecule has 2 saturated heterocycles. The van der Waals surface area contributed by atoms with Crippen LogP contribution in [0.25, 0.3) is 5.69 Å². The standard InChI is InChI=1S/C14H14N6O5S2.Na.H/c21-13-10-9(20(13)27(23,24)25)6-7-18(10)14(22)11(26)12-15-16-17-19(12)8-4-2-1-3-5-8;;/h1-5,9-11,26H,6-7H2,(H,23,24,25);;/q;+1;-1/t9-,10+,11?;;/m1../s1. The summed E-state index contributed by atoms with van der Waals surface area (Å²) in [5.41, 5.74) is 0.640. The van der Waals surface area contributed by atoms with Crippen LogP contribution in [-0.4, -0.2) is 72.8 Å². The van der Waals surface area contributed by atoms with Crippen molar-refractivity contribution in [3.63, 3.8) is 0 Å². The molecule has 144 valence electrons. The minimum absolute atomic E-state index is 0. The van der Waals surface area contributed by atoms with Crippen molar-refractivity contribution in [3.8, 4) is 5.69 Å². The topological polar surface area (TPSA) is 139 Å². The number of thiol groups is 1. The number of β-lactam (4-membered cyclic amide) rings is 1. The zero-order chi connectivity index (χ0) is 19.3. The molecule has 2 aliphatic rings. The molecule has 0 bridgehead atoms. The normalized spacial score (nSPS) is 22.3. The number of tetrazole rings is 1. The Morgan fingerprint density at radius 1 is 1.32 bits per heavy atom. The number of likely N-dealkylation sites (tertiary alicyclic amines) is 1. The van der Waals surface area contributed by atoms with Gasteiger partial charge in [-0.05, 0) is 29.0 Å². The van der Waals surface area contributed by atoms with Gasteiger partial charge in [-0.2, -0.15) is 25.7 Å². The van der Waals surface area contributed by atoms with Crippen LogP contribution in [0, 0.1) is 0 Å². The first-order valence-corrected chi connectivity index (χ1v) is 9.85. The molecule has 0 radical (unpaired) electrons. The van der Waals surface area contributed by atoms with Crippen LogP contribution in [0.15, 0.2) is 30.3 Å². The van der Waals surface area contributed by atoms with Gasteiger partial charge in [0.2, 0.25) is 5.91 Å². The van der Waals surface area contributed by atoms with Gasteiger partial charge in [0.1, 0.15) is 11.3 Å². The molecule has 2 fully saturated rings. The Labute approximate surface area is 189 Å². The van der Waals surface area contributed by atoms with Crippen LogP contribution in [0.3, 0.4) is 0 Å². The third kappa shape index (κ3) is 3.35. The van der Waals surface area contributed by atoms with E-state index in [1.165, 1.54) is 9.58 Å². The summed E-state index contributed by atoms with van der Waals surface area (Å²) in [6.07, 6.45) is 0.242. The smallest absolute Gasteiger partial charge is 1.00 e. The third-order valence-electron chi connectivity index (χ3n) is 4.64. The molecule has 14 heteroatoms. The summed E-state index contributed by atoms with van der Waals surface area (Å²) in [5.74, 6) is -1.17. The zero-order valence-corrected chi connectivity index (χ0v) is 18.4. The predicted molar refractivity (Wildman–Crippen MR) is 94.3 cm³/mol.